The first-order valence-electron chi connectivity index (χ1n) is 12.1. The molecule has 0 saturated carbocycles. The third-order valence-electron chi connectivity index (χ3n) is 6.13. The van der Waals surface area contributed by atoms with Gasteiger partial charge in [-0.05, 0) is 64.0 Å². The number of ether oxygens (including phenoxy) is 2. The standard InChI is InChI=1S/C30H18Br3Cl2N3O4/c1-41-23-10-9-20(32)25-24(15-5-3-2-4-6-15)27(37-26(23)25)29(39)38-36-14-16-11-17(31)12-21(33)28(16)42-30(40)19-8-7-18(34)13-22(19)35/h2-14,37H,1H3,(H,38,39). The maximum absolute atomic E-state index is 13.5. The van der Waals surface area contributed by atoms with Crippen molar-refractivity contribution in [2.45, 2.75) is 0 Å². The highest BCUT2D eigenvalue weighted by Gasteiger charge is 2.23. The van der Waals surface area contributed by atoms with Crippen LogP contribution in [0.3, 0.4) is 0 Å². The van der Waals surface area contributed by atoms with E-state index in [1.54, 1.807) is 25.3 Å². The Labute approximate surface area is 275 Å². The molecule has 5 rings (SSSR count). The number of H-pyrrole nitrogens is 1. The molecule has 0 radical (unpaired) electrons. The maximum atomic E-state index is 13.5. The molecule has 1 amide bonds. The molecule has 0 unspecified atom stereocenters. The number of hydrogen-bond acceptors (Lipinski definition) is 5. The van der Waals surface area contributed by atoms with Crippen LogP contribution in [-0.4, -0.2) is 30.2 Å². The van der Waals surface area contributed by atoms with E-state index in [-0.39, 0.29) is 22.0 Å². The van der Waals surface area contributed by atoms with Crippen LogP contribution in [-0.2, 0) is 0 Å². The third kappa shape index (κ3) is 6.28. The van der Waals surface area contributed by atoms with Gasteiger partial charge in [0.2, 0.25) is 0 Å². The molecule has 1 aromatic heterocycles. The van der Waals surface area contributed by atoms with Gasteiger partial charge in [0.05, 0.1) is 33.9 Å². The Morgan fingerprint density at radius 2 is 1.71 bits per heavy atom. The molecule has 4 aromatic carbocycles. The predicted molar refractivity (Wildman–Crippen MR) is 176 cm³/mol. The van der Waals surface area contributed by atoms with Gasteiger partial charge in [-0.1, -0.05) is 85.4 Å². The van der Waals surface area contributed by atoms with Gasteiger partial charge < -0.3 is 14.5 Å². The van der Waals surface area contributed by atoms with E-state index >= 15 is 0 Å². The second-order valence-electron chi connectivity index (χ2n) is 8.76. The summed E-state index contributed by atoms with van der Waals surface area (Å²) in [5, 5.41) is 5.51. The molecule has 0 bridgehead atoms. The highest BCUT2D eigenvalue weighted by Crippen LogP contribution is 2.41. The number of hydrazone groups is 1. The summed E-state index contributed by atoms with van der Waals surface area (Å²) < 4.78 is 13.2. The molecule has 0 saturated heterocycles. The van der Waals surface area contributed by atoms with Gasteiger partial charge in [-0.2, -0.15) is 5.10 Å². The number of aromatic amines is 1. The van der Waals surface area contributed by atoms with E-state index in [4.69, 9.17) is 32.7 Å². The number of nitrogens with zero attached hydrogens (tertiary/aromatic N) is 1. The van der Waals surface area contributed by atoms with Gasteiger partial charge >= 0.3 is 5.97 Å². The minimum atomic E-state index is -0.691. The number of nitrogens with one attached hydrogen (secondary N) is 2. The highest BCUT2D eigenvalue weighted by atomic mass is 79.9. The first kappa shape index (κ1) is 30.3. The van der Waals surface area contributed by atoms with Crippen molar-refractivity contribution in [3.8, 4) is 22.6 Å². The average molecular weight is 795 g/mol. The van der Waals surface area contributed by atoms with Gasteiger partial charge in [-0.15, -0.1) is 0 Å². The van der Waals surface area contributed by atoms with Gasteiger partial charge in [0, 0.05) is 30.5 Å². The number of halogens is 5. The number of rotatable bonds is 7. The Morgan fingerprint density at radius 1 is 0.952 bits per heavy atom. The number of fused-ring (bicyclic) bond motifs is 1. The summed E-state index contributed by atoms with van der Waals surface area (Å²) in [6.45, 7) is 0. The molecule has 0 fully saturated rings. The Bertz CT molecular complexity index is 1880. The van der Waals surface area contributed by atoms with E-state index in [1.807, 2.05) is 42.5 Å². The van der Waals surface area contributed by atoms with Gasteiger partial charge in [0.25, 0.3) is 5.91 Å². The minimum absolute atomic E-state index is 0.140. The Balaban J connectivity index is 1.48. The summed E-state index contributed by atoms with van der Waals surface area (Å²) >= 11 is 22.6. The zero-order chi connectivity index (χ0) is 30.0. The van der Waals surface area contributed by atoms with Crippen LogP contribution >= 0.6 is 71.0 Å². The van der Waals surface area contributed by atoms with Crippen molar-refractivity contribution in [1.29, 1.82) is 0 Å². The normalized spacial score (nSPS) is 11.2. The second kappa shape index (κ2) is 13.0. The molecular weight excluding hydrogens is 777 g/mol. The van der Waals surface area contributed by atoms with E-state index < -0.39 is 11.9 Å². The number of aromatic nitrogens is 1. The van der Waals surface area contributed by atoms with Crippen LogP contribution in [0.25, 0.3) is 22.0 Å². The molecule has 1 heterocycles. The second-order valence-corrected chi connectivity index (χ2v) is 12.2. The van der Waals surface area contributed by atoms with Crippen LogP contribution in [0.15, 0.2) is 91.3 Å². The molecule has 5 aromatic rings. The topological polar surface area (TPSA) is 92.8 Å². The largest absolute Gasteiger partial charge is 0.495 e. The molecule has 0 aliphatic carbocycles. The molecule has 212 valence electrons. The van der Waals surface area contributed by atoms with Gasteiger partial charge in [-0.3, -0.25) is 4.79 Å². The fraction of sp³-hybridized carbons (Fsp3) is 0.0333. The van der Waals surface area contributed by atoms with Crippen LogP contribution in [0.2, 0.25) is 10.0 Å². The maximum Gasteiger partial charge on any atom is 0.345 e. The molecule has 0 aliphatic heterocycles. The van der Waals surface area contributed by atoms with Gasteiger partial charge in [0.1, 0.15) is 11.4 Å². The monoisotopic (exact) mass is 791 g/mol. The summed E-state index contributed by atoms with van der Waals surface area (Å²) in [5.74, 6) is -0.421. The number of amides is 1. The van der Waals surface area contributed by atoms with Crippen LogP contribution in [0, 0.1) is 0 Å². The van der Waals surface area contributed by atoms with Crippen molar-refractivity contribution in [2.75, 3.05) is 7.11 Å². The zero-order valence-electron chi connectivity index (χ0n) is 21.5. The van der Waals surface area contributed by atoms with Crippen molar-refractivity contribution in [3.05, 3.63) is 113 Å². The lowest BCUT2D eigenvalue weighted by Crippen LogP contribution is -2.19. The van der Waals surface area contributed by atoms with Crippen molar-refractivity contribution in [1.82, 2.24) is 10.4 Å². The number of benzene rings is 4. The molecule has 7 nitrogen and oxygen atoms in total. The number of methoxy groups -OCH3 is 1. The van der Waals surface area contributed by atoms with Crippen LogP contribution in [0.4, 0.5) is 0 Å². The quantitative estimate of drug-likeness (QED) is 0.0744. The molecule has 12 heteroatoms. The van der Waals surface area contributed by atoms with Crippen molar-refractivity contribution < 1.29 is 19.1 Å². The summed E-state index contributed by atoms with van der Waals surface area (Å²) in [5.41, 5.74) is 5.58. The van der Waals surface area contributed by atoms with Crippen molar-refractivity contribution >= 4 is 100.0 Å². The number of carbonyl (C=O) groups is 2. The summed E-state index contributed by atoms with van der Waals surface area (Å²) in [7, 11) is 1.57. The van der Waals surface area contributed by atoms with E-state index in [2.05, 4.69) is 63.3 Å². The van der Waals surface area contributed by atoms with E-state index in [0.29, 0.717) is 36.4 Å². The SMILES string of the molecule is COc1ccc(Br)c2c(-c3ccccc3)c(C(=O)NN=Cc3cc(Br)cc(Br)c3OC(=O)c3ccc(Cl)cc3Cl)[nH]c12. The van der Waals surface area contributed by atoms with Crippen LogP contribution < -0.4 is 14.9 Å². The Hall–Kier alpha value is -3.15. The Kier molecular flexibility index (Phi) is 9.39. The first-order valence-corrected chi connectivity index (χ1v) is 15.2. The number of hydrogen-bond donors (Lipinski definition) is 2. The summed E-state index contributed by atoms with van der Waals surface area (Å²) in [6.07, 6.45) is 1.38. The molecule has 0 atom stereocenters. The summed E-state index contributed by atoms with van der Waals surface area (Å²) in [6, 6.07) is 21.1. The molecule has 42 heavy (non-hydrogen) atoms. The molecule has 0 spiro atoms. The van der Waals surface area contributed by atoms with Crippen molar-refractivity contribution in [2.24, 2.45) is 5.10 Å². The van der Waals surface area contributed by atoms with Crippen molar-refractivity contribution in [3.63, 3.8) is 0 Å². The highest BCUT2D eigenvalue weighted by molar-refractivity contribution is 9.11. The fourth-order valence-electron chi connectivity index (χ4n) is 4.28. The first-order chi connectivity index (χ1) is 20.2. The average Bonchev–Trinajstić information content (AvgIpc) is 3.37. The number of carbonyl (C=O) groups excluding carboxylic acids is 2. The predicted octanol–water partition coefficient (Wildman–Crippen LogP) is 9.42. The van der Waals surface area contributed by atoms with E-state index in [0.717, 1.165) is 15.4 Å². The third-order valence-corrected chi connectivity index (χ3v) is 8.38. The molecule has 0 aliphatic rings. The lowest BCUT2D eigenvalue weighted by molar-refractivity contribution is 0.0733. The lowest BCUT2D eigenvalue weighted by Gasteiger charge is -2.11. The fourth-order valence-corrected chi connectivity index (χ4v) is 6.63. The minimum Gasteiger partial charge on any atom is -0.495 e. The molecular formula is C30H18Br3Cl2N3O4. The van der Waals surface area contributed by atoms with E-state index in [1.165, 1.54) is 18.3 Å². The molecule has 2 N–H and O–H groups in total. The zero-order valence-corrected chi connectivity index (χ0v) is 27.7. The van der Waals surface area contributed by atoms with Gasteiger partial charge in [0.15, 0.2) is 5.75 Å². The smallest absolute Gasteiger partial charge is 0.345 e. The lowest BCUT2D eigenvalue weighted by atomic mass is 10.0. The Morgan fingerprint density at radius 3 is 2.43 bits per heavy atom. The van der Waals surface area contributed by atoms with Crippen LogP contribution in [0.5, 0.6) is 11.5 Å². The number of esters is 1. The van der Waals surface area contributed by atoms with Gasteiger partial charge in [-0.25, -0.2) is 10.2 Å². The van der Waals surface area contributed by atoms with E-state index in [9.17, 15) is 9.59 Å². The summed E-state index contributed by atoms with van der Waals surface area (Å²) in [4.78, 5) is 29.6. The van der Waals surface area contributed by atoms with Crippen LogP contribution in [0.1, 0.15) is 26.4 Å².